The van der Waals surface area contributed by atoms with Crippen molar-refractivity contribution in [3.63, 3.8) is 0 Å². The van der Waals surface area contributed by atoms with Gasteiger partial charge in [0.2, 0.25) is 0 Å². The number of benzene rings is 12. The number of fused-ring (bicyclic) bond motifs is 9. The van der Waals surface area contributed by atoms with E-state index in [-0.39, 0.29) is 11.3 Å². The van der Waals surface area contributed by atoms with Crippen LogP contribution < -0.4 is 0 Å². The summed E-state index contributed by atoms with van der Waals surface area (Å²) in [6, 6.07) is 106. The Balaban J connectivity index is 0.757. The first-order valence-electron chi connectivity index (χ1n) is 34.8. The zero-order valence-corrected chi connectivity index (χ0v) is 54.4. The van der Waals surface area contributed by atoms with E-state index in [1.165, 1.54) is 217 Å². The largest absolute Gasteiger partial charge is 0.309 e. The second-order valence-corrected chi connectivity index (χ2v) is 26.6. The lowest BCUT2D eigenvalue weighted by atomic mass is 9.70. The number of nitrogens with zero attached hydrogens (tertiary/aromatic N) is 2. The summed E-state index contributed by atoms with van der Waals surface area (Å²) in [7, 11) is 0. The molecular weight excluding hydrogens is 1120 g/mol. The first kappa shape index (κ1) is 59.5. The van der Waals surface area contributed by atoms with Crippen LogP contribution in [-0.2, 0) is 5.41 Å². The zero-order chi connectivity index (χ0) is 62.7. The third kappa shape index (κ3) is 11.5. The number of unbranched alkanes of at least 4 members (excludes halogenated alkanes) is 10. The lowest BCUT2D eigenvalue weighted by Gasteiger charge is -2.33. The minimum absolute atomic E-state index is 0.0500. The minimum Gasteiger partial charge on any atom is -0.309 e. The van der Waals surface area contributed by atoms with Gasteiger partial charge in [-0.3, -0.25) is 0 Å². The van der Waals surface area contributed by atoms with Crippen molar-refractivity contribution in [2.24, 2.45) is 0 Å². The predicted octanol–water partition coefficient (Wildman–Crippen LogP) is 25.8. The maximum absolute atomic E-state index is 2.63. The van der Waals surface area contributed by atoms with Gasteiger partial charge in [0.15, 0.2) is 0 Å². The molecule has 1 aliphatic rings. The van der Waals surface area contributed by atoms with E-state index in [9.17, 15) is 0 Å². The molecule has 0 radical (unpaired) electrons. The summed E-state index contributed by atoms with van der Waals surface area (Å²) in [5.41, 5.74) is 28.3. The number of hydrogen-bond acceptors (Lipinski definition) is 0. The van der Waals surface area contributed by atoms with Crippen molar-refractivity contribution in [2.45, 2.75) is 122 Å². The van der Waals surface area contributed by atoms with Crippen LogP contribution in [0, 0.1) is 6.92 Å². The summed E-state index contributed by atoms with van der Waals surface area (Å²) in [6.45, 7) is 6.85. The van der Waals surface area contributed by atoms with Gasteiger partial charge < -0.3 is 9.13 Å². The molecule has 0 aliphatic heterocycles. The van der Waals surface area contributed by atoms with Crippen molar-refractivity contribution in [1.82, 2.24) is 9.13 Å². The summed E-state index contributed by atoms with van der Waals surface area (Å²) >= 11 is 0. The molecule has 0 spiro atoms. The number of aryl methyl sites for hydroxylation is 1. The number of aromatic nitrogens is 2. The molecular formula is C91H84N2. The first-order chi connectivity index (χ1) is 45.9. The van der Waals surface area contributed by atoms with Crippen LogP contribution >= 0.6 is 0 Å². The van der Waals surface area contributed by atoms with Crippen LogP contribution in [0.4, 0.5) is 0 Å². The number of rotatable bonds is 23. The molecule has 14 aromatic rings. The Hall–Kier alpha value is -9.76. The van der Waals surface area contributed by atoms with E-state index in [2.05, 4.69) is 309 Å². The van der Waals surface area contributed by atoms with Gasteiger partial charge in [0.05, 0.1) is 22.1 Å². The Labute approximate surface area is 550 Å². The highest BCUT2D eigenvalue weighted by Crippen LogP contribution is 2.56. The van der Waals surface area contributed by atoms with Gasteiger partial charge in [-0.2, -0.15) is 0 Å². The van der Waals surface area contributed by atoms with Crippen LogP contribution in [0.1, 0.15) is 143 Å². The molecule has 2 aromatic heterocycles. The van der Waals surface area contributed by atoms with Gasteiger partial charge in [-0.15, -0.1) is 0 Å². The van der Waals surface area contributed by atoms with Crippen molar-refractivity contribution in [2.75, 3.05) is 0 Å². The summed E-state index contributed by atoms with van der Waals surface area (Å²) in [5.74, 6) is 0.0500. The van der Waals surface area contributed by atoms with E-state index in [1.54, 1.807) is 11.1 Å². The topological polar surface area (TPSA) is 9.86 Å². The minimum atomic E-state index is -0.0518. The third-order valence-corrected chi connectivity index (χ3v) is 20.8. The van der Waals surface area contributed by atoms with Crippen LogP contribution in [0.15, 0.2) is 279 Å². The molecule has 0 saturated heterocycles. The monoisotopic (exact) mass is 1200 g/mol. The summed E-state index contributed by atoms with van der Waals surface area (Å²) in [4.78, 5) is 0. The van der Waals surface area contributed by atoms with Crippen LogP contribution in [0.2, 0.25) is 0 Å². The van der Waals surface area contributed by atoms with E-state index >= 15 is 0 Å². The Morgan fingerprint density at radius 3 is 1.12 bits per heavy atom. The highest BCUT2D eigenvalue weighted by Gasteiger charge is 2.43. The first-order valence-corrected chi connectivity index (χ1v) is 34.8. The van der Waals surface area contributed by atoms with Gasteiger partial charge in [-0.25, -0.2) is 0 Å². The van der Waals surface area contributed by atoms with E-state index in [0.717, 1.165) is 5.69 Å². The van der Waals surface area contributed by atoms with Crippen molar-refractivity contribution in [3.05, 3.63) is 312 Å². The predicted molar refractivity (Wildman–Crippen MR) is 398 cm³/mol. The van der Waals surface area contributed by atoms with Gasteiger partial charge >= 0.3 is 0 Å². The molecule has 1 aliphatic carbocycles. The van der Waals surface area contributed by atoms with Gasteiger partial charge in [-0.05, 0) is 176 Å². The Morgan fingerprint density at radius 1 is 0.280 bits per heavy atom. The Morgan fingerprint density at radius 2 is 0.624 bits per heavy atom. The van der Waals surface area contributed by atoms with Crippen molar-refractivity contribution in [3.8, 4) is 67.0 Å². The summed E-state index contributed by atoms with van der Waals surface area (Å²) in [6.07, 6.45) is 18.0. The van der Waals surface area contributed by atoms with Gasteiger partial charge in [0.25, 0.3) is 0 Å². The Kier molecular flexibility index (Phi) is 16.9. The number of para-hydroxylation sites is 3. The maximum Gasteiger partial charge on any atom is 0.0541 e. The van der Waals surface area contributed by atoms with Crippen LogP contribution in [0.25, 0.3) is 111 Å². The van der Waals surface area contributed by atoms with E-state index in [1.807, 2.05) is 0 Å². The van der Waals surface area contributed by atoms with Gasteiger partial charge in [0.1, 0.15) is 0 Å². The highest BCUT2D eigenvalue weighted by molar-refractivity contribution is 6.12. The average molecular weight is 1210 g/mol. The molecule has 1 unspecified atom stereocenters. The molecule has 0 N–H and O–H groups in total. The molecule has 458 valence electrons. The quantitative estimate of drug-likeness (QED) is 0.0446. The molecule has 93 heavy (non-hydrogen) atoms. The smallest absolute Gasteiger partial charge is 0.0541 e. The second-order valence-electron chi connectivity index (χ2n) is 26.6. The third-order valence-electron chi connectivity index (χ3n) is 20.8. The van der Waals surface area contributed by atoms with E-state index in [0.29, 0.717) is 0 Å². The molecule has 0 bridgehead atoms. The fourth-order valence-electron chi connectivity index (χ4n) is 15.9. The summed E-state index contributed by atoms with van der Waals surface area (Å²) < 4.78 is 4.85. The van der Waals surface area contributed by atoms with Crippen LogP contribution in [-0.4, -0.2) is 9.13 Å². The molecule has 2 heteroatoms. The molecule has 12 aromatic carbocycles. The van der Waals surface area contributed by atoms with E-state index in [4.69, 9.17) is 0 Å². The fourth-order valence-corrected chi connectivity index (χ4v) is 15.9. The number of hydrogen-bond donors (Lipinski definition) is 0. The second kappa shape index (κ2) is 26.5. The molecule has 2 heterocycles. The Bertz CT molecular complexity index is 4890. The summed E-state index contributed by atoms with van der Waals surface area (Å²) in [5, 5.41) is 5.02. The fraction of sp³-hybridized carbons (Fsp3) is 0.209. The van der Waals surface area contributed by atoms with Gasteiger partial charge in [0, 0.05) is 44.3 Å². The average Bonchev–Trinajstić information content (AvgIpc) is 1.59. The van der Waals surface area contributed by atoms with Gasteiger partial charge in [-0.1, -0.05) is 303 Å². The van der Waals surface area contributed by atoms with E-state index < -0.39 is 0 Å². The molecule has 0 fully saturated rings. The lowest BCUT2D eigenvalue weighted by Crippen LogP contribution is -2.25. The normalized spacial score (nSPS) is 12.9. The molecule has 0 amide bonds. The zero-order valence-electron chi connectivity index (χ0n) is 54.4. The highest BCUT2D eigenvalue weighted by atomic mass is 15.0. The van der Waals surface area contributed by atoms with Crippen LogP contribution in [0.3, 0.4) is 0 Å². The maximum atomic E-state index is 2.63. The lowest BCUT2D eigenvalue weighted by molar-refractivity contribution is 0.398. The van der Waals surface area contributed by atoms with Crippen molar-refractivity contribution < 1.29 is 0 Å². The van der Waals surface area contributed by atoms with Crippen molar-refractivity contribution in [1.29, 1.82) is 0 Å². The molecule has 2 nitrogen and oxygen atoms in total. The SMILES string of the molecule is CCCCCCCCC1(CCCCCCCC)c2cc(-c3ccc(-c4ccccc4)cc3)ccc2-c2ccc(-c3ccc(C(c4ccc(C)cc4)c4ccc(-n5c6ccccc6c6cc(-c7ccc8c(c7)c7ccccc7n8-c7ccccc7)ccc65)cc4)cc3)cc21. The molecule has 0 saturated carbocycles. The van der Waals surface area contributed by atoms with Crippen LogP contribution in [0.5, 0.6) is 0 Å². The standard InChI is InChI=1S/C91H84N2/c1-4-6-8-10-12-24-58-91(59-25-13-11-9-7-5-2)84-62-74(67-40-38-66(39-41-67)65-26-16-14-17-27-65)48-54-78(84)79-55-49-75(63-85(79)91)68-42-44-70(45-43-68)90(69-36-34-64(3)35-37-69)71-46-52-77(53-47-71)93-87-33-23-21-31-81(87)83-61-73(51-57-89(83)93)72-50-56-88-82(60-72)80-30-20-22-32-86(80)92(88)76-28-18-15-19-29-76/h14-23,26-57,60-63,90H,4-13,24-25,58-59H2,1-3H3. The van der Waals surface area contributed by atoms with Crippen molar-refractivity contribution >= 4 is 43.6 Å². The molecule has 15 rings (SSSR count). The molecule has 1 atom stereocenters.